The van der Waals surface area contributed by atoms with Crippen LogP contribution >= 0.6 is 11.8 Å². The zero-order valence-electron chi connectivity index (χ0n) is 12.1. The largest absolute Gasteiger partial charge is 0.310 e. The van der Waals surface area contributed by atoms with Crippen molar-refractivity contribution in [1.29, 1.82) is 0 Å². The monoisotopic (exact) mass is 331 g/mol. The zero-order chi connectivity index (χ0) is 16.4. The van der Waals surface area contributed by atoms with Crippen LogP contribution < -0.4 is 10.9 Å². The van der Waals surface area contributed by atoms with Crippen molar-refractivity contribution in [3.05, 3.63) is 64.2 Å². The second kappa shape index (κ2) is 6.37. The fraction of sp³-hybridized carbons (Fsp3) is 0.188. The Morgan fingerprint density at radius 3 is 2.78 bits per heavy atom. The van der Waals surface area contributed by atoms with Gasteiger partial charge in [-0.3, -0.25) is 9.59 Å². The fourth-order valence-electron chi connectivity index (χ4n) is 2.54. The van der Waals surface area contributed by atoms with Gasteiger partial charge in [-0.25, -0.2) is 9.37 Å². The minimum absolute atomic E-state index is 0.128. The van der Waals surface area contributed by atoms with Crippen LogP contribution in [-0.4, -0.2) is 21.6 Å². The zero-order valence-corrected chi connectivity index (χ0v) is 13.0. The molecule has 0 bridgehead atoms. The highest BCUT2D eigenvalue weighted by atomic mass is 32.2. The van der Waals surface area contributed by atoms with Crippen molar-refractivity contribution in [3.63, 3.8) is 0 Å². The quantitative estimate of drug-likeness (QED) is 0.513. The minimum atomic E-state index is -0.436. The summed E-state index contributed by atoms with van der Waals surface area (Å²) < 4.78 is 13.1. The number of rotatable bonds is 4. The van der Waals surface area contributed by atoms with E-state index in [-0.39, 0.29) is 29.5 Å². The SMILES string of the molecule is C=CCSc1nc2c(c(=O)[nH]1)[C@H](c1ccc(F)cc1)CC(=O)N2. The summed E-state index contributed by atoms with van der Waals surface area (Å²) in [5.41, 5.74) is 0.816. The molecule has 7 heteroatoms. The Morgan fingerprint density at radius 2 is 2.09 bits per heavy atom. The second-order valence-corrected chi connectivity index (χ2v) is 6.10. The molecule has 2 aromatic rings. The van der Waals surface area contributed by atoms with Crippen LogP contribution in [0.2, 0.25) is 0 Å². The maximum atomic E-state index is 13.1. The van der Waals surface area contributed by atoms with E-state index < -0.39 is 5.92 Å². The van der Waals surface area contributed by atoms with Gasteiger partial charge in [0, 0.05) is 18.1 Å². The summed E-state index contributed by atoms with van der Waals surface area (Å²) in [6.07, 6.45) is 1.83. The van der Waals surface area contributed by atoms with E-state index in [1.807, 2.05) is 0 Å². The summed E-state index contributed by atoms with van der Waals surface area (Å²) in [6.45, 7) is 3.62. The molecule has 0 saturated carbocycles. The van der Waals surface area contributed by atoms with E-state index in [1.165, 1.54) is 23.9 Å². The third kappa shape index (κ3) is 3.19. The topological polar surface area (TPSA) is 74.8 Å². The summed E-state index contributed by atoms with van der Waals surface area (Å²) in [5.74, 6) is -0.154. The third-order valence-electron chi connectivity index (χ3n) is 3.54. The van der Waals surface area contributed by atoms with Crippen LogP contribution in [0, 0.1) is 5.82 Å². The molecule has 1 aliphatic rings. The number of carbonyl (C=O) groups is 1. The van der Waals surface area contributed by atoms with E-state index >= 15 is 0 Å². The number of benzene rings is 1. The third-order valence-corrected chi connectivity index (χ3v) is 4.41. The normalized spacial score (nSPS) is 16.6. The second-order valence-electron chi connectivity index (χ2n) is 5.09. The van der Waals surface area contributed by atoms with Gasteiger partial charge in [-0.15, -0.1) is 6.58 Å². The number of aromatic amines is 1. The number of nitrogens with one attached hydrogen (secondary N) is 2. The molecule has 1 amide bonds. The Kier molecular flexibility index (Phi) is 4.29. The molecule has 0 unspecified atom stereocenters. The Morgan fingerprint density at radius 1 is 1.35 bits per heavy atom. The first-order valence-electron chi connectivity index (χ1n) is 7.01. The van der Waals surface area contributed by atoms with E-state index in [0.29, 0.717) is 22.0 Å². The molecule has 0 fully saturated rings. The highest BCUT2D eigenvalue weighted by molar-refractivity contribution is 7.99. The predicted octanol–water partition coefficient (Wildman–Crippen LogP) is 2.66. The molecule has 0 spiro atoms. The van der Waals surface area contributed by atoms with Crippen LogP contribution in [-0.2, 0) is 4.79 Å². The molecule has 1 aliphatic heterocycles. The van der Waals surface area contributed by atoms with Crippen LogP contribution in [0.3, 0.4) is 0 Å². The van der Waals surface area contributed by atoms with E-state index in [4.69, 9.17) is 0 Å². The van der Waals surface area contributed by atoms with Crippen molar-refractivity contribution in [2.24, 2.45) is 0 Å². The van der Waals surface area contributed by atoms with Crippen LogP contribution in [0.4, 0.5) is 10.2 Å². The molecule has 1 aromatic carbocycles. The number of thioether (sulfide) groups is 1. The number of hydrogen-bond donors (Lipinski definition) is 2. The Bertz CT molecular complexity index is 817. The van der Waals surface area contributed by atoms with Crippen molar-refractivity contribution in [1.82, 2.24) is 9.97 Å². The highest BCUT2D eigenvalue weighted by Crippen LogP contribution is 2.34. The van der Waals surface area contributed by atoms with Gasteiger partial charge in [-0.05, 0) is 17.7 Å². The molecule has 2 heterocycles. The van der Waals surface area contributed by atoms with Crippen molar-refractivity contribution in [2.75, 3.05) is 11.1 Å². The number of carbonyl (C=O) groups excluding carboxylic acids is 1. The van der Waals surface area contributed by atoms with Gasteiger partial charge in [0.25, 0.3) is 5.56 Å². The minimum Gasteiger partial charge on any atom is -0.310 e. The first kappa shape index (κ1) is 15.5. The van der Waals surface area contributed by atoms with E-state index in [1.54, 1.807) is 18.2 Å². The molecular weight excluding hydrogens is 317 g/mol. The van der Waals surface area contributed by atoms with Gasteiger partial charge < -0.3 is 10.3 Å². The van der Waals surface area contributed by atoms with Gasteiger partial charge in [0.05, 0.1) is 5.56 Å². The lowest BCUT2D eigenvalue weighted by Gasteiger charge is -2.24. The molecule has 0 saturated heterocycles. The number of anilines is 1. The number of fused-ring (bicyclic) bond motifs is 1. The summed E-state index contributed by atoms with van der Waals surface area (Å²) in [6, 6.07) is 5.80. The summed E-state index contributed by atoms with van der Waals surface area (Å²) in [5, 5.41) is 3.07. The van der Waals surface area contributed by atoms with Gasteiger partial charge >= 0.3 is 0 Å². The molecule has 2 N–H and O–H groups in total. The maximum absolute atomic E-state index is 13.1. The lowest BCUT2D eigenvalue weighted by Crippen LogP contribution is -2.31. The molecule has 1 atom stereocenters. The number of halogens is 1. The van der Waals surface area contributed by atoms with Crippen LogP contribution in [0.5, 0.6) is 0 Å². The van der Waals surface area contributed by atoms with E-state index in [2.05, 4.69) is 21.9 Å². The Balaban J connectivity index is 2.06. The number of nitrogens with zero attached hydrogens (tertiary/aromatic N) is 1. The first-order valence-corrected chi connectivity index (χ1v) is 8.00. The van der Waals surface area contributed by atoms with Crippen LogP contribution in [0.15, 0.2) is 46.9 Å². The average molecular weight is 331 g/mol. The number of H-pyrrole nitrogens is 1. The van der Waals surface area contributed by atoms with E-state index in [9.17, 15) is 14.0 Å². The van der Waals surface area contributed by atoms with E-state index in [0.717, 1.165) is 0 Å². The molecule has 1 aromatic heterocycles. The predicted molar refractivity (Wildman–Crippen MR) is 87.3 cm³/mol. The van der Waals surface area contributed by atoms with Crippen LogP contribution in [0.25, 0.3) is 0 Å². The molecule has 0 aliphatic carbocycles. The molecule has 5 nitrogen and oxygen atoms in total. The van der Waals surface area contributed by atoms with Crippen molar-refractivity contribution >= 4 is 23.5 Å². The molecule has 118 valence electrons. The summed E-state index contributed by atoms with van der Waals surface area (Å²) in [4.78, 5) is 31.4. The first-order chi connectivity index (χ1) is 11.1. The molecule has 0 radical (unpaired) electrons. The van der Waals surface area contributed by atoms with Gasteiger partial charge in [-0.2, -0.15) is 0 Å². The van der Waals surface area contributed by atoms with Crippen LogP contribution in [0.1, 0.15) is 23.5 Å². The maximum Gasteiger partial charge on any atom is 0.257 e. The van der Waals surface area contributed by atoms with Crippen molar-refractivity contribution < 1.29 is 9.18 Å². The van der Waals surface area contributed by atoms with Crippen molar-refractivity contribution in [3.8, 4) is 0 Å². The van der Waals surface area contributed by atoms with Crippen molar-refractivity contribution in [2.45, 2.75) is 17.5 Å². The number of hydrogen-bond acceptors (Lipinski definition) is 4. The van der Waals surface area contributed by atoms with Gasteiger partial charge in [-0.1, -0.05) is 30.0 Å². The van der Waals surface area contributed by atoms with Gasteiger partial charge in [0.1, 0.15) is 11.6 Å². The molecule has 3 rings (SSSR count). The summed E-state index contributed by atoms with van der Waals surface area (Å²) >= 11 is 1.32. The average Bonchev–Trinajstić information content (AvgIpc) is 2.52. The highest BCUT2D eigenvalue weighted by Gasteiger charge is 2.30. The fourth-order valence-corrected chi connectivity index (χ4v) is 3.13. The molecule has 23 heavy (non-hydrogen) atoms. The smallest absolute Gasteiger partial charge is 0.257 e. The number of aromatic nitrogens is 2. The van der Waals surface area contributed by atoms with Gasteiger partial charge in [0.2, 0.25) is 5.91 Å². The summed E-state index contributed by atoms with van der Waals surface area (Å²) in [7, 11) is 0. The van der Waals surface area contributed by atoms with Gasteiger partial charge in [0.15, 0.2) is 5.16 Å². The number of amides is 1. The Hall–Kier alpha value is -2.41. The Labute approximate surface area is 136 Å². The lowest BCUT2D eigenvalue weighted by molar-refractivity contribution is -0.116. The standard InChI is InChI=1S/C16H14FN3O2S/c1-2-7-23-16-19-14-13(15(22)20-16)11(8-12(21)18-14)9-3-5-10(17)6-4-9/h2-6,11H,1,7-8H2,(H2,18,19,20,21,22)/t11-/m0/s1. The lowest BCUT2D eigenvalue weighted by atomic mass is 9.87. The molecular formula is C16H14FN3O2S.